The quantitative estimate of drug-likeness (QED) is 0.581. The monoisotopic (exact) mass is 117 g/mol. The minimum atomic E-state index is -0.0625. The molecular formula is C6H12FN. The van der Waals surface area contributed by atoms with Crippen molar-refractivity contribution in [2.24, 2.45) is 0 Å². The van der Waals surface area contributed by atoms with Crippen LogP contribution in [0.4, 0.5) is 4.39 Å². The van der Waals surface area contributed by atoms with E-state index in [9.17, 15) is 4.39 Å². The van der Waals surface area contributed by atoms with Gasteiger partial charge < -0.3 is 5.32 Å². The highest BCUT2D eigenvalue weighted by atomic mass is 19.1. The molecule has 0 bridgehead atoms. The number of allylic oxidation sites excluding steroid dienone is 2. The third-order valence-electron chi connectivity index (χ3n) is 1.09. The summed E-state index contributed by atoms with van der Waals surface area (Å²) in [6.07, 6.45) is 0.479. The van der Waals surface area contributed by atoms with Crippen molar-refractivity contribution >= 4 is 0 Å². The van der Waals surface area contributed by atoms with E-state index >= 15 is 0 Å². The fourth-order valence-corrected chi connectivity index (χ4v) is 0.401. The van der Waals surface area contributed by atoms with Crippen LogP contribution < -0.4 is 5.32 Å². The molecule has 0 aromatic heterocycles. The second-order valence-electron chi connectivity index (χ2n) is 1.63. The number of rotatable bonds is 2. The van der Waals surface area contributed by atoms with E-state index in [2.05, 4.69) is 5.32 Å². The predicted molar refractivity (Wildman–Crippen MR) is 33.2 cm³/mol. The first-order valence-corrected chi connectivity index (χ1v) is 2.75. The molecule has 0 radical (unpaired) electrons. The number of hydrogen-bond acceptors (Lipinski definition) is 1. The minimum absolute atomic E-state index is 0.0625. The third-order valence-corrected chi connectivity index (χ3v) is 1.09. The fourth-order valence-electron chi connectivity index (χ4n) is 0.401. The first-order valence-electron chi connectivity index (χ1n) is 2.75. The van der Waals surface area contributed by atoms with Crippen molar-refractivity contribution in [2.75, 3.05) is 7.05 Å². The number of halogens is 1. The molecule has 1 N–H and O–H groups in total. The Morgan fingerprint density at radius 1 is 1.62 bits per heavy atom. The summed E-state index contributed by atoms with van der Waals surface area (Å²) < 4.78 is 12.3. The summed E-state index contributed by atoms with van der Waals surface area (Å²) in [5.74, 6) is -0.0625. The van der Waals surface area contributed by atoms with Crippen molar-refractivity contribution in [1.29, 1.82) is 0 Å². The molecule has 0 fully saturated rings. The van der Waals surface area contributed by atoms with Crippen LogP contribution in [0.2, 0.25) is 0 Å². The molecule has 1 nitrogen and oxygen atoms in total. The van der Waals surface area contributed by atoms with Gasteiger partial charge >= 0.3 is 0 Å². The van der Waals surface area contributed by atoms with Crippen molar-refractivity contribution in [2.45, 2.75) is 20.3 Å². The Bertz CT molecular complexity index is 84.7. The van der Waals surface area contributed by atoms with Crippen LogP contribution in [0.15, 0.2) is 11.5 Å². The lowest BCUT2D eigenvalue weighted by Gasteiger charge is -1.98. The summed E-state index contributed by atoms with van der Waals surface area (Å²) in [7, 11) is 1.71. The van der Waals surface area contributed by atoms with Gasteiger partial charge in [-0.15, -0.1) is 0 Å². The van der Waals surface area contributed by atoms with Gasteiger partial charge in [0.15, 0.2) is 0 Å². The molecule has 0 amide bonds. The van der Waals surface area contributed by atoms with Crippen LogP contribution >= 0.6 is 0 Å². The van der Waals surface area contributed by atoms with E-state index in [1.54, 1.807) is 20.9 Å². The largest absolute Gasteiger partial charge is 0.390 e. The third kappa shape index (κ3) is 1.96. The van der Waals surface area contributed by atoms with Gasteiger partial charge in [-0.2, -0.15) is 0 Å². The Kier molecular flexibility index (Phi) is 3.24. The summed E-state index contributed by atoms with van der Waals surface area (Å²) in [4.78, 5) is 0. The van der Waals surface area contributed by atoms with E-state index in [0.29, 0.717) is 12.1 Å². The van der Waals surface area contributed by atoms with Crippen LogP contribution in [0.5, 0.6) is 0 Å². The zero-order valence-corrected chi connectivity index (χ0v) is 5.59. The van der Waals surface area contributed by atoms with Crippen LogP contribution in [-0.4, -0.2) is 7.05 Å². The molecule has 0 heterocycles. The number of nitrogens with one attached hydrogen (secondary N) is 1. The molecule has 0 aromatic carbocycles. The zero-order chi connectivity index (χ0) is 6.57. The van der Waals surface area contributed by atoms with Gasteiger partial charge in [0.2, 0.25) is 0 Å². The molecule has 0 saturated carbocycles. The summed E-state index contributed by atoms with van der Waals surface area (Å²) in [6, 6.07) is 0. The molecular weight excluding hydrogens is 105 g/mol. The zero-order valence-electron chi connectivity index (χ0n) is 5.59. The van der Waals surface area contributed by atoms with E-state index in [1.165, 1.54) is 0 Å². The Morgan fingerprint density at radius 2 is 2.12 bits per heavy atom. The van der Waals surface area contributed by atoms with Crippen LogP contribution in [-0.2, 0) is 0 Å². The van der Waals surface area contributed by atoms with Crippen molar-refractivity contribution in [3.05, 3.63) is 11.5 Å². The highest BCUT2D eigenvalue weighted by Crippen LogP contribution is 2.05. The van der Waals surface area contributed by atoms with Gasteiger partial charge in [-0.3, -0.25) is 0 Å². The lowest BCUT2D eigenvalue weighted by Crippen LogP contribution is -2.03. The Balaban J connectivity index is 3.83. The second kappa shape index (κ2) is 3.47. The standard InChI is InChI=1S/C6H12FN/c1-4-6(7)5(2)8-3/h8H,4H2,1-3H3/b6-5-. The molecule has 8 heavy (non-hydrogen) atoms. The Hall–Kier alpha value is -0.530. The average Bonchev–Trinajstić information content (AvgIpc) is 1.84. The fraction of sp³-hybridized carbons (Fsp3) is 0.667. The van der Waals surface area contributed by atoms with Gasteiger partial charge in [0.25, 0.3) is 0 Å². The summed E-state index contributed by atoms with van der Waals surface area (Å²) >= 11 is 0. The molecule has 0 aliphatic rings. The molecule has 0 unspecified atom stereocenters. The first-order chi connectivity index (χ1) is 3.72. The molecule has 48 valence electrons. The van der Waals surface area contributed by atoms with Crippen molar-refractivity contribution in [1.82, 2.24) is 5.32 Å². The molecule has 0 saturated heterocycles. The van der Waals surface area contributed by atoms with Gasteiger partial charge in [0.05, 0.1) is 0 Å². The molecule has 0 aliphatic carbocycles. The van der Waals surface area contributed by atoms with E-state index in [1.807, 2.05) is 0 Å². The predicted octanol–water partition coefficient (Wildman–Crippen LogP) is 1.82. The maximum Gasteiger partial charge on any atom is 0.118 e. The summed E-state index contributed by atoms with van der Waals surface area (Å²) in [6.45, 7) is 3.51. The van der Waals surface area contributed by atoms with Gasteiger partial charge in [-0.25, -0.2) is 4.39 Å². The van der Waals surface area contributed by atoms with Gasteiger partial charge in [-0.05, 0) is 13.3 Å². The van der Waals surface area contributed by atoms with Gasteiger partial charge in [0, 0.05) is 12.7 Å². The van der Waals surface area contributed by atoms with Crippen LogP contribution in [0.1, 0.15) is 20.3 Å². The molecule has 0 aliphatic heterocycles. The average molecular weight is 117 g/mol. The maximum atomic E-state index is 12.3. The van der Waals surface area contributed by atoms with Crippen LogP contribution in [0.25, 0.3) is 0 Å². The highest BCUT2D eigenvalue weighted by molar-refractivity contribution is 5.00. The maximum absolute atomic E-state index is 12.3. The molecule has 0 aromatic rings. The normalized spacial score (nSPS) is 13.0. The van der Waals surface area contributed by atoms with Crippen LogP contribution in [0.3, 0.4) is 0 Å². The smallest absolute Gasteiger partial charge is 0.118 e. The SMILES string of the molecule is CC/C(F)=C(\C)NC. The van der Waals surface area contributed by atoms with E-state index < -0.39 is 0 Å². The lowest BCUT2D eigenvalue weighted by atomic mass is 10.3. The highest BCUT2D eigenvalue weighted by Gasteiger charge is 1.92. The summed E-state index contributed by atoms with van der Waals surface area (Å²) in [5, 5.41) is 2.72. The molecule has 0 atom stereocenters. The van der Waals surface area contributed by atoms with E-state index in [-0.39, 0.29) is 5.83 Å². The second-order valence-corrected chi connectivity index (χ2v) is 1.63. The summed E-state index contributed by atoms with van der Waals surface area (Å²) in [5.41, 5.74) is 0.632. The Labute approximate surface area is 49.6 Å². The minimum Gasteiger partial charge on any atom is -0.390 e. The Morgan fingerprint density at radius 3 is 2.25 bits per heavy atom. The van der Waals surface area contributed by atoms with Crippen molar-refractivity contribution in [3.8, 4) is 0 Å². The van der Waals surface area contributed by atoms with Gasteiger partial charge in [-0.1, -0.05) is 6.92 Å². The van der Waals surface area contributed by atoms with E-state index in [4.69, 9.17) is 0 Å². The topological polar surface area (TPSA) is 12.0 Å². The first kappa shape index (κ1) is 7.47. The van der Waals surface area contributed by atoms with Crippen molar-refractivity contribution in [3.63, 3.8) is 0 Å². The molecule has 0 spiro atoms. The lowest BCUT2D eigenvalue weighted by molar-refractivity contribution is 0.580. The van der Waals surface area contributed by atoms with Gasteiger partial charge in [0.1, 0.15) is 5.83 Å². The number of hydrogen-bond donors (Lipinski definition) is 1. The van der Waals surface area contributed by atoms with Crippen LogP contribution in [0, 0.1) is 0 Å². The van der Waals surface area contributed by atoms with Crippen molar-refractivity contribution < 1.29 is 4.39 Å². The molecule has 0 rings (SSSR count). The molecule has 2 heteroatoms. The van der Waals surface area contributed by atoms with E-state index in [0.717, 1.165) is 0 Å².